The molecule has 104 valence electrons. The van der Waals surface area contributed by atoms with E-state index < -0.39 is 5.91 Å². The molecule has 0 bridgehead atoms. The lowest BCUT2D eigenvalue weighted by molar-refractivity contribution is 0.100. The molecule has 4 nitrogen and oxygen atoms in total. The van der Waals surface area contributed by atoms with E-state index >= 15 is 0 Å². The number of nitrogens with two attached hydrogens (primary N) is 2. The molecule has 1 aliphatic heterocycles. The average Bonchev–Trinajstić information content (AvgIpc) is 2.38. The lowest BCUT2D eigenvalue weighted by atomic mass is 9.93. The van der Waals surface area contributed by atoms with Gasteiger partial charge in [-0.1, -0.05) is 11.6 Å². The van der Waals surface area contributed by atoms with E-state index in [1.165, 1.54) is 6.42 Å². The zero-order chi connectivity index (χ0) is 14.0. The molecule has 1 aliphatic rings. The Hall–Kier alpha value is -1.26. The highest BCUT2D eigenvalue weighted by molar-refractivity contribution is 6.34. The van der Waals surface area contributed by atoms with Gasteiger partial charge in [0.05, 0.1) is 10.6 Å². The summed E-state index contributed by atoms with van der Waals surface area (Å²) in [5, 5.41) is 0.409. The summed E-state index contributed by atoms with van der Waals surface area (Å²) >= 11 is 6.11. The minimum atomic E-state index is -0.497. The maximum absolute atomic E-state index is 11.2. The first kappa shape index (κ1) is 14.2. The van der Waals surface area contributed by atoms with Gasteiger partial charge in [0.2, 0.25) is 5.91 Å². The van der Waals surface area contributed by atoms with Crippen molar-refractivity contribution < 1.29 is 4.79 Å². The number of nitrogens with zero attached hydrogens (tertiary/aromatic N) is 1. The fraction of sp³-hybridized carbons (Fsp3) is 0.500. The molecule has 5 heteroatoms. The molecule has 1 heterocycles. The van der Waals surface area contributed by atoms with Gasteiger partial charge >= 0.3 is 0 Å². The van der Waals surface area contributed by atoms with Gasteiger partial charge in [0.1, 0.15) is 0 Å². The molecule has 2 unspecified atom stereocenters. The molecule has 19 heavy (non-hydrogen) atoms. The van der Waals surface area contributed by atoms with E-state index in [2.05, 4.69) is 11.8 Å². The van der Waals surface area contributed by atoms with E-state index in [1.54, 1.807) is 6.07 Å². The molecule has 0 saturated carbocycles. The molecular formula is C14H20ClN3O. The number of primary amides is 1. The van der Waals surface area contributed by atoms with E-state index in [0.717, 1.165) is 18.7 Å². The molecule has 4 N–H and O–H groups in total. The second-order valence-electron chi connectivity index (χ2n) is 5.21. The third kappa shape index (κ3) is 3.01. The second-order valence-corrected chi connectivity index (χ2v) is 5.62. The zero-order valence-electron chi connectivity index (χ0n) is 11.1. The molecular weight excluding hydrogens is 262 g/mol. The van der Waals surface area contributed by atoms with Gasteiger partial charge in [-0.3, -0.25) is 4.79 Å². The van der Waals surface area contributed by atoms with Crippen LogP contribution < -0.4 is 16.4 Å². The molecule has 0 aliphatic carbocycles. The Morgan fingerprint density at radius 2 is 2.21 bits per heavy atom. The maximum Gasteiger partial charge on any atom is 0.250 e. The smallest absolute Gasteiger partial charge is 0.250 e. The highest BCUT2D eigenvalue weighted by Gasteiger charge is 2.25. The van der Waals surface area contributed by atoms with Crippen molar-refractivity contribution >= 4 is 23.2 Å². The second kappa shape index (κ2) is 5.80. The van der Waals surface area contributed by atoms with E-state index in [1.807, 2.05) is 12.1 Å². The lowest BCUT2D eigenvalue weighted by Crippen LogP contribution is -2.44. The number of hydrogen-bond acceptors (Lipinski definition) is 3. The first-order valence-corrected chi connectivity index (χ1v) is 6.96. The van der Waals surface area contributed by atoms with Crippen molar-refractivity contribution in [3.8, 4) is 0 Å². The molecule has 1 aromatic carbocycles. The summed E-state index contributed by atoms with van der Waals surface area (Å²) < 4.78 is 0. The van der Waals surface area contributed by atoms with Crippen LogP contribution in [0.5, 0.6) is 0 Å². The van der Waals surface area contributed by atoms with Crippen molar-refractivity contribution in [2.75, 3.05) is 18.0 Å². The van der Waals surface area contributed by atoms with Gasteiger partial charge in [-0.25, -0.2) is 0 Å². The summed E-state index contributed by atoms with van der Waals surface area (Å²) in [7, 11) is 0. The summed E-state index contributed by atoms with van der Waals surface area (Å²) in [6, 6.07) is 5.87. The standard InChI is InChI=1S/C14H20ClN3O/c1-9-2-3-10(7-16)8-18(9)11-4-5-12(14(17)19)13(15)6-11/h4-6,9-10H,2-3,7-8,16H2,1H3,(H2,17,19). The molecule has 0 spiro atoms. The number of carbonyl (C=O) groups is 1. The highest BCUT2D eigenvalue weighted by atomic mass is 35.5. The molecule has 0 aromatic heterocycles. The SMILES string of the molecule is CC1CCC(CN)CN1c1ccc(C(N)=O)c(Cl)c1. The summed E-state index contributed by atoms with van der Waals surface area (Å²) in [5.74, 6) is 0.0221. The van der Waals surface area contributed by atoms with Gasteiger partial charge in [-0.05, 0) is 50.4 Å². The largest absolute Gasteiger partial charge is 0.368 e. The van der Waals surface area contributed by atoms with E-state index in [0.29, 0.717) is 29.1 Å². The first-order valence-electron chi connectivity index (χ1n) is 6.59. The third-order valence-corrected chi connectivity index (χ3v) is 4.18. The molecule has 1 saturated heterocycles. The number of carbonyl (C=O) groups excluding carboxylic acids is 1. The average molecular weight is 282 g/mol. The number of rotatable bonds is 3. The Morgan fingerprint density at radius 3 is 2.79 bits per heavy atom. The zero-order valence-corrected chi connectivity index (χ0v) is 11.9. The lowest BCUT2D eigenvalue weighted by Gasteiger charge is -2.39. The van der Waals surface area contributed by atoms with Crippen LogP contribution in [0.15, 0.2) is 18.2 Å². The van der Waals surface area contributed by atoms with E-state index in [-0.39, 0.29) is 0 Å². The van der Waals surface area contributed by atoms with Crippen LogP contribution in [-0.4, -0.2) is 25.0 Å². The van der Waals surface area contributed by atoms with Gasteiger partial charge in [0.15, 0.2) is 0 Å². The minimum absolute atomic E-state index is 0.366. The Balaban J connectivity index is 2.25. The van der Waals surface area contributed by atoms with Gasteiger partial charge in [-0.2, -0.15) is 0 Å². The van der Waals surface area contributed by atoms with E-state index in [4.69, 9.17) is 23.1 Å². The van der Waals surface area contributed by atoms with Crippen LogP contribution in [-0.2, 0) is 0 Å². The van der Waals surface area contributed by atoms with Crippen LogP contribution >= 0.6 is 11.6 Å². The number of piperidine rings is 1. The van der Waals surface area contributed by atoms with Crippen molar-refractivity contribution in [2.24, 2.45) is 17.4 Å². The molecule has 2 rings (SSSR count). The van der Waals surface area contributed by atoms with Gasteiger partial charge in [0, 0.05) is 18.3 Å². The van der Waals surface area contributed by atoms with Crippen LogP contribution in [0.3, 0.4) is 0 Å². The van der Waals surface area contributed by atoms with Crippen molar-refractivity contribution in [2.45, 2.75) is 25.8 Å². The molecule has 1 amide bonds. The maximum atomic E-state index is 11.2. The predicted molar refractivity (Wildman–Crippen MR) is 78.6 cm³/mol. The van der Waals surface area contributed by atoms with E-state index in [9.17, 15) is 4.79 Å². The van der Waals surface area contributed by atoms with Crippen molar-refractivity contribution in [1.29, 1.82) is 0 Å². The van der Waals surface area contributed by atoms with Crippen LogP contribution in [0.25, 0.3) is 0 Å². The summed E-state index contributed by atoms with van der Waals surface area (Å²) in [4.78, 5) is 13.5. The summed E-state index contributed by atoms with van der Waals surface area (Å²) in [6.07, 6.45) is 2.29. The molecule has 0 radical (unpaired) electrons. The molecule has 2 atom stereocenters. The van der Waals surface area contributed by atoms with Crippen LogP contribution in [0, 0.1) is 5.92 Å². The highest BCUT2D eigenvalue weighted by Crippen LogP contribution is 2.30. The summed E-state index contributed by atoms with van der Waals surface area (Å²) in [6.45, 7) is 3.84. The number of hydrogen-bond donors (Lipinski definition) is 2. The van der Waals surface area contributed by atoms with Crippen molar-refractivity contribution in [1.82, 2.24) is 0 Å². The Labute approximate surface area is 118 Å². The molecule has 1 aromatic rings. The number of anilines is 1. The van der Waals surface area contributed by atoms with Crippen molar-refractivity contribution in [3.05, 3.63) is 28.8 Å². The first-order chi connectivity index (χ1) is 9.02. The van der Waals surface area contributed by atoms with Crippen LogP contribution in [0.1, 0.15) is 30.1 Å². The molecule has 1 fully saturated rings. The Morgan fingerprint density at radius 1 is 1.47 bits per heavy atom. The van der Waals surface area contributed by atoms with Crippen molar-refractivity contribution in [3.63, 3.8) is 0 Å². The third-order valence-electron chi connectivity index (χ3n) is 3.86. The number of amides is 1. The van der Waals surface area contributed by atoms with Gasteiger partial charge in [-0.15, -0.1) is 0 Å². The predicted octanol–water partition coefficient (Wildman–Crippen LogP) is 2.00. The number of halogens is 1. The monoisotopic (exact) mass is 281 g/mol. The normalized spacial score (nSPS) is 23.4. The van der Waals surface area contributed by atoms with Gasteiger partial charge in [0.25, 0.3) is 0 Å². The fourth-order valence-electron chi connectivity index (χ4n) is 2.62. The Kier molecular flexibility index (Phi) is 4.32. The quantitative estimate of drug-likeness (QED) is 0.890. The fourth-order valence-corrected chi connectivity index (χ4v) is 2.88. The Bertz CT molecular complexity index is 478. The number of benzene rings is 1. The minimum Gasteiger partial charge on any atom is -0.368 e. The van der Waals surface area contributed by atoms with Crippen LogP contribution in [0.2, 0.25) is 5.02 Å². The van der Waals surface area contributed by atoms with Gasteiger partial charge < -0.3 is 16.4 Å². The van der Waals surface area contributed by atoms with Crippen LogP contribution in [0.4, 0.5) is 5.69 Å². The summed E-state index contributed by atoms with van der Waals surface area (Å²) in [5.41, 5.74) is 12.4. The topological polar surface area (TPSA) is 72.3 Å².